The molecule has 0 unspecified atom stereocenters. The van der Waals surface area contributed by atoms with Gasteiger partial charge in [-0.2, -0.15) is 0 Å². The number of quaternary nitrogens is 1. The van der Waals surface area contributed by atoms with E-state index in [-0.39, 0.29) is 17.8 Å². The summed E-state index contributed by atoms with van der Waals surface area (Å²) >= 11 is 1.64. The van der Waals surface area contributed by atoms with Gasteiger partial charge in [0.2, 0.25) is 0 Å². The Labute approximate surface area is 164 Å². The minimum absolute atomic E-state index is 0.00243. The molecule has 1 aliphatic heterocycles. The number of hydrogen-bond acceptors (Lipinski definition) is 4. The fourth-order valence-electron chi connectivity index (χ4n) is 3.30. The van der Waals surface area contributed by atoms with E-state index in [4.69, 9.17) is 4.74 Å². The molecule has 1 fully saturated rings. The number of carbonyl (C=O) groups excluding carboxylic acids is 2. The SMILES string of the molecule is COC(=O)C1CC[NH+](CC(=O)Nc2ccccc2Sc2ccccc2)CC1. The summed E-state index contributed by atoms with van der Waals surface area (Å²) in [5.74, 6) is -0.155. The van der Waals surface area contributed by atoms with Crippen molar-refractivity contribution in [2.45, 2.75) is 22.6 Å². The number of rotatable bonds is 6. The topological polar surface area (TPSA) is 59.8 Å². The highest BCUT2D eigenvalue weighted by molar-refractivity contribution is 7.99. The smallest absolute Gasteiger partial charge is 0.309 e. The molecule has 27 heavy (non-hydrogen) atoms. The van der Waals surface area contributed by atoms with Crippen molar-refractivity contribution >= 4 is 29.3 Å². The molecule has 1 amide bonds. The van der Waals surface area contributed by atoms with E-state index in [1.54, 1.807) is 11.8 Å². The van der Waals surface area contributed by atoms with Gasteiger partial charge in [0, 0.05) is 22.6 Å². The highest BCUT2D eigenvalue weighted by atomic mass is 32.2. The second kappa shape index (κ2) is 9.58. The van der Waals surface area contributed by atoms with Gasteiger partial charge in [-0.15, -0.1) is 0 Å². The van der Waals surface area contributed by atoms with Crippen LogP contribution in [0.5, 0.6) is 0 Å². The minimum atomic E-state index is -0.134. The van der Waals surface area contributed by atoms with Crippen LogP contribution in [-0.2, 0) is 14.3 Å². The van der Waals surface area contributed by atoms with Crippen LogP contribution in [0, 0.1) is 5.92 Å². The molecule has 0 atom stereocenters. The zero-order chi connectivity index (χ0) is 19.1. The highest BCUT2D eigenvalue weighted by Crippen LogP contribution is 2.33. The third kappa shape index (κ3) is 5.58. The Bertz CT molecular complexity index is 774. The zero-order valence-corrected chi connectivity index (χ0v) is 16.3. The fraction of sp³-hybridized carbons (Fsp3) is 0.333. The van der Waals surface area contributed by atoms with Gasteiger partial charge in [0.05, 0.1) is 31.8 Å². The van der Waals surface area contributed by atoms with Crippen LogP contribution >= 0.6 is 11.8 Å². The number of benzene rings is 2. The summed E-state index contributed by atoms with van der Waals surface area (Å²) in [5, 5.41) is 3.05. The van der Waals surface area contributed by atoms with Crippen LogP contribution in [0.25, 0.3) is 0 Å². The van der Waals surface area contributed by atoms with Gasteiger partial charge in [0.1, 0.15) is 0 Å². The number of piperidine rings is 1. The lowest BCUT2D eigenvalue weighted by molar-refractivity contribution is -0.897. The quantitative estimate of drug-likeness (QED) is 0.749. The van der Waals surface area contributed by atoms with Crippen molar-refractivity contribution in [3.05, 3.63) is 54.6 Å². The lowest BCUT2D eigenvalue weighted by Crippen LogP contribution is -3.14. The zero-order valence-electron chi connectivity index (χ0n) is 15.4. The van der Waals surface area contributed by atoms with E-state index < -0.39 is 0 Å². The first-order valence-corrected chi connectivity index (χ1v) is 10.0. The van der Waals surface area contributed by atoms with Gasteiger partial charge in [-0.25, -0.2) is 0 Å². The minimum Gasteiger partial charge on any atom is -0.469 e. The fourth-order valence-corrected chi connectivity index (χ4v) is 4.22. The number of esters is 1. The van der Waals surface area contributed by atoms with Crippen molar-refractivity contribution in [3.8, 4) is 0 Å². The van der Waals surface area contributed by atoms with Gasteiger partial charge >= 0.3 is 5.97 Å². The maximum absolute atomic E-state index is 12.5. The first kappa shape index (κ1) is 19.5. The molecule has 1 aliphatic rings. The van der Waals surface area contributed by atoms with Crippen molar-refractivity contribution in [2.24, 2.45) is 5.92 Å². The molecular weight excluding hydrogens is 360 g/mol. The molecule has 3 rings (SSSR count). The monoisotopic (exact) mass is 385 g/mol. The summed E-state index contributed by atoms with van der Waals surface area (Å²) in [6.45, 7) is 2.04. The molecule has 6 heteroatoms. The molecule has 0 aliphatic carbocycles. The van der Waals surface area contributed by atoms with E-state index in [9.17, 15) is 9.59 Å². The van der Waals surface area contributed by atoms with Crippen molar-refractivity contribution in [3.63, 3.8) is 0 Å². The summed E-state index contributed by atoms with van der Waals surface area (Å²) in [5.41, 5.74) is 0.834. The van der Waals surface area contributed by atoms with Crippen molar-refractivity contribution in [2.75, 3.05) is 32.1 Å². The Kier molecular flexibility index (Phi) is 6.90. The third-order valence-corrected chi connectivity index (χ3v) is 5.85. The van der Waals surface area contributed by atoms with Crippen LogP contribution in [0.2, 0.25) is 0 Å². The number of para-hydroxylation sites is 1. The van der Waals surface area contributed by atoms with Crippen molar-refractivity contribution in [1.82, 2.24) is 0 Å². The molecule has 2 N–H and O–H groups in total. The average Bonchev–Trinajstić information content (AvgIpc) is 2.70. The van der Waals surface area contributed by atoms with Gasteiger partial charge in [-0.3, -0.25) is 9.59 Å². The molecule has 0 radical (unpaired) electrons. The van der Waals surface area contributed by atoms with Gasteiger partial charge < -0.3 is 15.0 Å². The van der Waals surface area contributed by atoms with Crippen LogP contribution in [-0.4, -0.2) is 38.6 Å². The molecule has 0 aromatic heterocycles. The highest BCUT2D eigenvalue weighted by Gasteiger charge is 2.29. The standard InChI is InChI=1S/C21H24N2O3S/c1-26-21(25)16-11-13-23(14-12-16)15-20(24)22-18-9-5-6-10-19(18)27-17-7-3-2-4-8-17/h2-10,16H,11-15H2,1H3,(H,22,24)/p+1. The molecule has 2 aromatic carbocycles. The van der Waals surface area contributed by atoms with E-state index in [1.807, 2.05) is 42.5 Å². The van der Waals surface area contributed by atoms with E-state index in [2.05, 4.69) is 17.4 Å². The van der Waals surface area contributed by atoms with Gasteiger partial charge in [-0.05, 0) is 24.3 Å². The van der Waals surface area contributed by atoms with E-state index >= 15 is 0 Å². The molecule has 5 nitrogen and oxygen atoms in total. The maximum atomic E-state index is 12.5. The number of amides is 1. The van der Waals surface area contributed by atoms with Gasteiger partial charge in [-0.1, -0.05) is 42.1 Å². The largest absolute Gasteiger partial charge is 0.469 e. The molecule has 0 spiro atoms. The molecular formula is C21H25N2O3S+. The Hall–Kier alpha value is -2.31. The van der Waals surface area contributed by atoms with Gasteiger partial charge in [0.15, 0.2) is 6.54 Å². The number of methoxy groups -OCH3 is 1. The average molecular weight is 386 g/mol. The second-order valence-electron chi connectivity index (χ2n) is 6.68. The normalized spacial score (nSPS) is 19.3. The molecule has 2 aromatic rings. The number of likely N-dealkylation sites (tertiary alicyclic amines) is 1. The Morgan fingerprint density at radius 2 is 1.74 bits per heavy atom. The summed E-state index contributed by atoms with van der Waals surface area (Å²) in [4.78, 5) is 27.5. The number of ether oxygens (including phenoxy) is 1. The van der Waals surface area contributed by atoms with Crippen LogP contribution in [0.15, 0.2) is 64.4 Å². The lowest BCUT2D eigenvalue weighted by atomic mass is 9.97. The first-order chi connectivity index (χ1) is 13.2. The molecule has 142 valence electrons. The molecule has 0 saturated carbocycles. The second-order valence-corrected chi connectivity index (χ2v) is 7.80. The van der Waals surface area contributed by atoms with Gasteiger partial charge in [0.25, 0.3) is 5.91 Å². The van der Waals surface area contributed by atoms with Crippen molar-refractivity contribution in [1.29, 1.82) is 0 Å². The number of anilines is 1. The third-order valence-electron chi connectivity index (χ3n) is 4.77. The Balaban J connectivity index is 1.55. The summed E-state index contributed by atoms with van der Waals surface area (Å²) < 4.78 is 4.82. The summed E-state index contributed by atoms with van der Waals surface area (Å²) in [7, 11) is 1.43. The summed E-state index contributed by atoms with van der Waals surface area (Å²) in [6.07, 6.45) is 1.55. The number of nitrogens with one attached hydrogen (secondary N) is 2. The molecule has 1 heterocycles. The first-order valence-electron chi connectivity index (χ1n) is 9.19. The van der Waals surface area contributed by atoms with E-state index in [0.717, 1.165) is 41.4 Å². The molecule has 1 saturated heterocycles. The maximum Gasteiger partial charge on any atom is 0.309 e. The van der Waals surface area contributed by atoms with E-state index in [1.165, 1.54) is 12.0 Å². The van der Waals surface area contributed by atoms with Crippen LogP contribution in [0.1, 0.15) is 12.8 Å². The van der Waals surface area contributed by atoms with E-state index in [0.29, 0.717) is 6.54 Å². The lowest BCUT2D eigenvalue weighted by Gasteiger charge is -2.27. The van der Waals surface area contributed by atoms with Crippen LogP contribution in [0.4, 0.5) is 5.69 Å². The number of carbonyl (C=O) groups is 2. The Morgan fingerprint density at radius 1 is 1.07 bits per heavy atom. The predicted octanol–water partition coefficient (Wildman–Crippen LogP) is 2.24. The summed E-state index contributed by atoms with van der Waals surface area (Å²) in [6, 6.07) is 18.0. The van der Waals surface area contributed by atoms with Crippen LogP contribution < -0.4 is 10.2 Å². The Morgan fingerprint density at radius 3 is 2.44 bits per heavy atom. The molecule has 0 bridgehead atoms. The predicted molar refractivity (Wildman–Crippen MR) is 106 cm³/mol. The van der Waals surface area contributed by atoms with Crippen molar-refractivity contribution < 1.29 is 19.2 Å². The number of hydrogen-bond donors (Lipinski definition) is 2. The van der Waals surface area contributed by atoms with Crippen LogP contribution in [0.3, 0.4) is 0 Å².